The lowest BCUT2D eigenvalue weighted by molar-refractivity contribution is 0.0483. The van der Waals surface area contributed by atoms with E-state index in [1.165, 1.54) is 0 Å². The molecule has 0 saturated carbocycles. The van der Waals surface area contributed by atoms with Crippen LogP contribution in [0.15, 0.2) is 18.3 Å². The van der Waals surface area contributed by atoms with Crippen molar-refractivity contribution in [2.45, 2.75) is 13.0 Å². The average molecular weight is 260 g/mol. The van der Waals surface area contributed by atoms with E-state index in [1.807, 2.05) is 12.1 Å². The van der Waals surface area contributed by atoms with E-state index in [-0.39, 0.29) is 0 Å². The van der Waals surface area contributed by atoms with Gasteiger partial charge in [-0.15, -0.1) is 0 Å². The first-order valence-corrected chi connectivity index (χ1v) is 5.96. The second-order valence-electron chi connectivity index (χ2n) is 3.46. The van der Waals surface area contributed by atoms with Crippen molar-refractivity contribution in [3.05, 3.63) is 29.0 Å². The number of pyridine rings is 1. The molecule has 0 radical (unpaired) electrons. The summed E-state index contributed by atoms with van der Waals surface area (Å²) in [5.41, 5.74) is 0.912. The number of aromatic nitrogens is 1. The standard InChI is InChI=1S/C12H18ClNO3/c1-15-8-9-16-6-3-7-17-10-11-4-2-5-14-12(11)13/h2,4-5H,3,6-10H2,1H3. The fraction of sp³-hybridized carbons (Fsp3) is 0.583. The van der Waals surface area contributed by atoms with Crippen LogP contribution in [-0.4, -0.2) is 38.5 Å². The molecule has 1 rings (SSSR count). The van der Waals surface area contributed by atoms with Gasteiger partial charge in [-0.3, -0.25) is 0 Å². The van der Waals surface area contributed by atoms with Crippen molar-refractivity contribution >= 4 is 11.6 Å². The van der Waals surface area contributed by atoms with Crippen LogP contribution in [0.5, 0.6) is 0 Å². The molecular formula is C12H18ClNO3. The average Bonchev–Trinajstić information content (AvgIpc) is 2.35. The summed E-state index contributed by atoms with van der Waals surface area (Å²) < 4.78 is 15.6. The first-order chi connectivity index (χ1) is 8.34. The Labute approximate surface area is 107 Å². The van der Waals surface area contributed by atoms with Gasteiger partial charge in [-0.05, 0) is 12.5 Å². The Hall–Kier alpha value is -0.680. The maximum absolute atomic E-state index is 5.89. The van der Waals surface area contributed by atoms with Crippen molar-refractivity contribution in [2.75, 3.05) is 33.5 Å². The van der Waals surface area contributed by atoms with Gasteiger partial charge in [-0.1, -0.05) is 17.7 Å². The summed E-state index contributed by atoms with van der Waals surface area (Å²) in [5.74, 6) is 0. The van der Waals surface area contributed by atoms with E-state index in [0.717, 1.165) is 12.0 Å². The third-order valence-electron chi connectivity index (χ3n) is 2.10. The number of hydrogen-bond acceptors (Lipinski definition) is 4. The van der Waals surface area contributed by atoms with E-state index in [2.05, 4.69) is 4.98 Å². The first-order valence-electron chi connectivity index (χ1n) is 5.58. The molecule has 17 heavy (non-hydrogen) atoms. The van der Waals surface area contributed by atoms with Gasteiger partial charge in [-0.2, -0.15) is 0 Å². The van der Waals surface area contributed by atoms with Crippen LogP contribution in [0.2, 0.25) is 5.15 Å². The van der Waals surface area contributed by atoms with Gasteiger partial charge in [0.2, 0.25) is 0 Å². The van der Waals surface area contributed by atoms with Crippen molar-refractivity contribution in [3.63, 3.8) is 0 Å². The van der Waals surface area contributed by atoms with Crippen LogP contribution in [0.25, 0.3) is 0 Å². The maximum atomic E-state index is 5.89. The minimum atomic E-state index is 0.491. The number of methoxy groups -OCH3 is 1. The Morgan fingerprint density at radius 3 is 2.76 bits per heavy atom. The molecule has 1 aromatic heterocycles. The molecule has 4 nitrogen and oxygen atoms in total. The molecule has 0 saturated heterocycles. The Kier molecular flexibility index (Phi) is 7.92. The largest absolute Gasteiger partial charge is 0.382 e. The Morgan fingerprint density at radius 2 is 2.00 bits per heavy atom. The molecule has 5 heteroatoms. The molecule has 0 aliphatic carbocycles. The molecular weight excluding hydrogens is 242 g/mol. The summed E-state index contributed by atoms with van der Waals surface area (Å²) in [4.78, 5) is 3.97. The Bertz CT molecular complexity index is 310. The minimum Gasteiger partial charge on any atom is -0.382 e. The lowest BCUT2D eigenvalue weighted by Gasteiger charge is -2.06. The predicted octanol–water partition coefficient (Wildman–Crippen LogP) is 2.30. The summed E-state index contributed by atoms with van der Waals surface area (Å²) in [6.07, 6.45) is 2.52. The van der Waals surface area contributed by atoms with Crippen molar-refractivity contribution < 1.29 is 14.2 Å². The third-order valence-corrected chi connectivity index (χ3v) is 2.44. The predicted molar refractivity (Wildman–Crippen MR) is 66.2 cm³/mol. The zero-order chi connectivity index (χ0) is 12.3. The highest BCUT2D eigenvalue weighted by Crippen LogP contribution is 2.12. The van der Waals surface area contributed by atoms with E-state index < -0.39 is 0 Å². The van der Waals surface area contributed by atoms with E-state index >= 15 is 0 Å². The quantitative estimate of drug-likeness (QED) is 0.504. The zero-order valence-electron chi connectivity index (χ0n) is 10.0. The van der Waals surface area contributed by atoms with Gasteiger partial charge in [0.15, 0.2) is 0 Å². The second kappa shape index (κ2) is 9.36. The monoisotopic (exact) mass is 259 g/mol. The number of nitrogens with zero attached hydrogens (tertiary/aromatic N) is 1. The number of rotatable bonds is 9. The number of ether oxygens (including phenoxy) is 3. The summed E-state index contributed by atoms with van der Waals surface area (Å²) in [6, 6.07) is 3.75. The van der Waals surface area contributed by atoms with E-state index in [4.69, 9.17) is 25.8 Å². The van der Waals surface area contributed by atoms with Crippen molar-refractivity contribution in [1.82, 2.24) is 4.98 Å². The second-order valence-corrected chi connectivity index (χ2v) is 3.82. The summed E-state index contributed by atoms with van der Waals surface area (Å²) in [5, 5.41) is 0.504. The van der Waals surface area contributed by atoms with Crippen LogP contribution in [0, 0.1) is 0 Å². The van der Waals surface area contributed by atoms with E-state index in [9.17, 15) is 0 Å². The molecule has 1 heterocycles. The molecule has 0 fully saturated rings. The molecule has 0 aliphatic rings. The Balaban J connectivity index is 1.99. The highest BCUT2D eigenvalue weighted by molar-refractivity contribution is 6.30. The molecule has 96 valence electrons. The lowest BCUT2D eigenvalue weighted by atomic mass is 10.3. The van der Waals surface area contributed by atoms with Crippen LogP contribution in [0.1, 0.15) is 12.0 Å². The van der Waals surface area contributed by atoms with Gasteiger partial charge < -0.3 is 14.2 Å². The Morgan fingerprint density at radius 1 is 1.18 bits per heavy atom. The van der Waals surface area contributed by atoms with Crippen LogP contribution < -0.4 is 0 Å². The zero-order valence-corrected chi connectivity index (χ0v) is 10.8. The molecule has 0 spiro atoms. The fourth-order valence-electron chi connectivity index (χ4n) is 1.22. The molecule has 0 amide bonds. The molecule has 0 bridgehead atoms. The highest BCUT2D eigenvalue weighted by Gasteiger charge is 1.99. The first kappa shape index (κ1) is 14.4. The van der Waals surface area contributed by atoms with E-state index in [0.29, 0.717) is 38.2 Å². The van der Waals surface area contributed by atoms with Gasteiger partial charge in [0, 0.05) is 32.1 Å². The van der Waals surface area contributed by atoms with Gasteiger partial charge in [0.25, 0.3) is 0 Å². The smallest absolute Gasteiger partial charge is 0.134 e. The number of halogens is 1. The van der Waals surface area contributed by atoms with Gasteiger partial charge in [-0.25, -0.2) is 4.98 Å². The van der Waals surface area contributed by atoms with Crippen LogP contribution in [0.4, 0.5) is 0 Å². The van der Waals surface area contributed by atoms with Gasteiger partial charge in [0.1, 0.15) is 5.15 Å². The van der Waals surface area contributed by atoms with Crippen molar-refractivity contribution in [3.8, 4) is 0 Å². The molecule has 0 aliphatic heterocycles. The van der Waals surface area contributed by atoms with Crippen LogP contribution in [-0.2, 0) is 20.8 Å². The molecule has 0 unspecified atom stereocenters. The summed E-state index contributed by atoms with van der Waals surface area (Å²) in [6.45, 7) is 3.09. The van der Waals surface area contributed by atoms with Crippen LogP contribution in [0.3, 0.4) is 0 Å². The SMILES string of the molecule is COCCOCCCOCc1cccnc1Cl. The molecule has 0 atom stereocenters. The van der Waals surface area contributed by atoms with Crippen molar-refractivity contribution in [2.24, 2.45) is 0 Å². The molecule has 1 aromatic rings. The number of hydrogen-bond donors (Lipinski definition) is 0. The molecule has 0 N–H and O–H groups in total. The topological polar surface area (TPSA) is 40.6 Å². The highest BCUT2D eigenvalue weighted by atomic mass is 35.5. The van der Waals surface area contributed by atoms with Gasteiger partial charge in [0.05, 0.1) is 19.8 Å². The maximum Gasteiger partial charge on any atom is 0.134 e. The summed E-state index contributed by atoms with van der Waals surface area (Å²) in [7, 11) is 1.66. The lowest BCUT2D eigenvalue weighted by Crippen LogP contribution is -2.05. The molecule has 0 aromatic carbocycles. The van der Waals surface area contributed by atoms with Crippen molar-refractivity contribution in [1.29, 1.82) is 0 Å². The van der Waals surface area contributed by atoms with Crippen LogP contribution >= 0.6 is 11.6 Å². The summed E-state index contributed by atoms with van der Waals surface area (Å²) >= 11 is 5.89. The minimum absolute atomic E-state index is 0.491. The van der Waals surface area contributed by atoms with Gasteiger partial charge >= 0.3 is 0 Å². The normalized spacial score (nSPS) is 10.7. The third kappa shape index (κ3) is 6.58. The van der Waals surface area contributed by atoms with E-state index in [1.54, 1.807) is 13.3 Å². The fourth-order valence-corrected chi connectivity index (χ4v) is 1.39.